The van der Waals surface area contributed by atoms with Gasteiger partial charge in [-0.15, -0.1) is 0 Å². The Balaban J connectivity index is 1.22. The van der Waals surface area contributed by atoms with Gasteiger partial charge in [-0.2, -0.15) is 0 Å². The van der Waals surface area contributed by atoms with Gasteiger partial charge >= 0.3 is 0 Å². The molecule has 1 atom stereocenters. The molecule has 2 aliphatic rings. The van der Waals surface area contributed by atoms with Crippen molar-refractivity contribution in [1.82, 2.24) is 9.97 Å². The lowest BCUT2D eigenvalue weighted by Gasteiger charge is -2.31. The van der Waals surface area contributed by atoms with Gasteiger partial charge in [-0.25, -0.2) is 14.4 Å². The maximum atomic E-state index is 14.4. The van der Waals surface area contributed by atoms with Crippen LogP contribution in [0.5, 0.6) is 0 Å². The third-order valence-corrected chi connectivity index (χ3v) is 5.04. The van der Waals surface area contributed by atoms with Gasteiger partial charge in [-0.1, -0.05) is 23.4 Å². The van der Waals surface area contributed by atoms with Crippen LogP contribution in [0.3, 0.4) is 0 Å². The second kappa shape index (κ2) is 9.92. The van der Waals surface area contributed by atoms with Gasteiger partial charge < -0.3 is 24.3 Å². The predicted molar refractivity (Wildman–Crippen MR) is 108 cm³/mol. The zero-order valence-corrected chi connectivity index (χ0v) is 16.7. The minimum Gasteiger partial charge on any atom is -0.393 e. The highest BCUT2D eigenvalue weighted by Crippen LogP contribution is 2.25. The van der Waals surface area contributed by atoms with Crippen LogP contribution in [0, 0.1) is 5.82 Å². The molecule has 9 heteroatoms. The molecule has 1 aromatic heterocycles. The molecule has 30 heavy (non-hydrogen) atoms. The van der Waals surface area contributed by atoms with E-state index in [1.807, 2.05) is 4.90 Å². The number of aliphatic hydroxyl groups is 1. The first-order valence-electron chi connectivity index (χ1n) is 10.1. The Morgan fingerprint density at radius 3 is 2.77 bits per heavy atom. The molecule has 4 rings (SSSR count). The highest BCUT2D eigenvalue weighted by atomic mass is 19.1. The number of aromatic nitrogens is 2. The van der Waals surface area contributed by atoms with E-state index in [1.165, 1.54) is 0 Å². The number of nitrogens with zero attached hydrogens (tertiary/aromatic N) is 4. The van der Waals surface area contributed by atoms with Crippen molar-refractivity contribution in [3.05, 3.63) is 42.0 Å². The van der Waals surface area contributed by atoms with E-state index < -0.39 is 5.82 Å². The van der Waals surface area contributed by atoms with Crippen LogP contribution in [0.15, 0.2) is 35.7 Å². The molecule has 0 radical (unpaired) electrons. The summed E-state index contributed by atoms with van der Waals surface area (Å²) < 4.78 is 25.4. The summed E-state index contributed by atoms with van der Waals surface area (Å²) in [5.74, 6) is 0.0973. The van der Waals surface area contributed by atoms with E-state index in [0.29, 0.717) is 43.4 Å². The lowest BCUT2D eigenvalue weighted by Crippen LogP contribution is -2.48. The molecule has 2 aromatic rings. The summed E-state index contributed by atoms with van der Waals surface area (Å²) >= 11 is 0. The second-order valence-corrected chi connectivity index (χ2v) is 7.22. The van der Waals surface area contributed by atoms with Crippen molar-refractivity contribution in [2.24, 2.45) is 5.16 Å². The molecule has 0 spiro atoms. The molecule has 0 saturated carbocycles. The van der Waals surface area contributed by atoms with Crippen LogP contribution in [0.2, 0.25) is 0 Å². The summed E-state index contributed by atoms with van der Waals surface area (Å²) in [6.07, 6.45) is 6.21. The van der Waals surface area contributed by atoms with Crippen molar-refractivity contribution < 1.29 is 23.8 Å². The van der Waals surface area contributed by atoms with Crippen LogP contribution in [0.1, 0.15) is 24.8 Å². The Morgan fingerprint density at radius 2 is 2.03 bits per heavy atom. The molecule has 0 amide bonds. The quantitative estimate of drug-likeness (QED) is 0.522. The number of ether oxygens (including phenoxy) is 2. The van der Waals surface area contributed by atoms with Crippen molar-refractivity contribution >= 4 is 11.7 Å². The largest absolute Gasteiger partial charge is 0.393 e. The molecule has 0 aliphatic carbocycles. The average Bonchev–Trinajstić information content (AvgIpc) is 2.76. The number of hydrogen-bond donors (Lipinski definition) is 1. The minimum atomic E-state index is -0.453. The van der Waals surface area contributed by atoms with Gasteiger partial charge in [0.05, 0.1) is 32.0 Å². The van der Waals surface area contributed by atoms with Crippen LogP contribution in [0.25, 0.3) is 11.1 Å². The van der Waals surface area contributed by atoms with Crippen molar-refractivity contribution in [3.63, 3.8) is 0 Å². The topological polar surface area (TPSA) is 89.3 Å². The molecule has 0 bridgehead atoms. The second-order valence-electron chi connectivity index (χ2n) is 7.22. The van der Waals surface area contributed by atoms with Gasteiger partial charge in [0.2, 0.25) is 5.95 Å². The summed E-state index contributed by atoms with van der Waals surface area (Å²) in [6, 6.07) is 4.89. The van der Waals surface area contributed by atoms with E-state index in [0.717, 1.165) is 31.6 Å². The maximum Gasteiger partial charge on any atom is 0.225 e. The molecule has 2 saturated heterocycles. The fourth-order valence-corrected chi connectivity index (χ4v) is 3.34. The highest BCUT2D eigenvalue weighted by molar-refractivity contribution is 5.98. The van der Waals surface area contributed by atoms with Gasteiger partial charge in [0.25, 0.3) is 0 Å². The first kappa shape index (κ1) is 20.6. The van der Waals surface area contributed by atoms with Crippen LogP contribution in [-0.2, 0) is 20.9 Å². The Labute approximate surface area is 174 Å². The molecular weight excluding hydrogens is 391 g/mol. The normalized spacial score (nSPS) is 18.8. The highest BCUT2D eigenvalue weighted by Gasteiger charge is 2.25. The Morgan fingerprint density at radius 1 is 1.20 bits per heavy atom. The summed E-state index contributed by atoms with van der Waals surface area (Å²) in [4.78, 5) is 15.9. The van der Waals surface area contributed by atoms with E-state index >= 15 is 0 Å². The first-order valence-corrected chi connectivity index (χ1v) is 10.1. The third-order valence-electron chi connectivity index (χ3n) is 5.04. The van der Waals surface area contributed by atoms with E-state index in [4.69, 9.17) is 14.3 Å². The van der Waals surface area contributed by atoms with Crippen LogP contribution < -0.4 is 4.90 Å². The average molecular weight is 416 g/mol. The van der Waals surface area contributed by atoms with Gasteiger partial charge in [0, 0.05) is 35.7 Å². The number of halogens is 1. The summed E-state index contributed by atoms with van der Waals surface area (Å²) in [5, 5.41) is 13.3. The van der Waals surface area contributed by atoms with Crippen molar-refractivity contribution in [2.45, 2.75) is 32.2 Å². The third kappa shape index (κ3) is 4.92. The Bertz CT molecular complexity index is 864. The fraction of sp³-hybridized carbons (Fsp3) is 0.476. The summed E-state index contributed by atoms with van der Waals surface area (Å²) in [5.41, 5.74) is 2.08. The molecule has 1 N–H and O–H groups in total. The lowest BCUT2D eigenvalue weighted by atomic mass is 10.1. The van der Waals surface area contributed by atoms with Gasteiger partial charge in [-0.3, -0.25) is 0 Å². The zero-order valence-electron chi connectivity index (χ0n) is 16.7. The van der Waals surface area contributed by atoms with Crippen LogP contribution in [0.4, 0.5) is 10.3 Å². The minimum absolute atomic E-state index is 0.117. The van der Waals surface area contributed by atoms with Crippen molar-refractivity contribution in [1.29, 1.82) is 0 Å². The molecule has 8 nitrogen and oxygen atoms in total. The van der Waals surface area contributed by atoms with Crippen LogP contribution in [-0.4, -0.2) is 60.0 Å². The Hall–Kier alpha value is -2.62. The number of benzene rings is 1. The van der Waals surface area contributed by atoms with Crippen LogP contribution >= 0.6 is 0 Å². The van der Waals surface area contributed by atoms with E-state index in [1.54, 1.807) is 30.6 Å². The zero-order chi connectivity index (χ0) is 20.8. The van der Waals surface area contributed by atoms with Gasteiger partial charge in [-0.05, 0) is 19.3 Å². The Kier molecular flexibility index (Phi) is 6.83. The van der Waals surface area contributed by atoms with E-state index in [9.17, 15) is 9.50 Å². The molecule has 3 heterocycles. The van der Waals surface area contributed by atoms with Crippen molar-refractivity contribution in [2.75, 3.05) is 37.8 Å². The number of anilines is 1. The van der Waals surface area contributed by atoms with Gasteiger partial charge in [0.1, 0.15) is 12.4 Å². The molecule has 1 unspecified atom stereocenters. The monoisotopic (exact) mass is 416 g/mol. The number of rotatable bonds is 8. The molecule has 2 fully saturated rings. The number of oxime groups is 1. The van der Waals surface area contributed by atoms with Crippen molar-refractivity contribution in [3.8, 4) is 11.1 Å². The molecule has 160 valence electrons. The van der Waals surface area contributed by atoms with Gasteiger partial charge in [0.15, 0.2) is 6.29 Å². The fourth-order valence-electron chi connectivity index (χ4n) is 3.34. The standard InChI is InChI=1S/C21H25FN4O4/c22-20-15(14-27)4-3-5-18(20)16-10-23-21(24-11-16)26-12-17(13-26)25-30-9-8-29-19-6-1-2-7-28-19/h3-5,10-11,19,27H,1-2,6-9,12-14H2. The van der Waals surface area contributed by atoms with E-state index in [-0.39, 0.29) is 18.5 Å². The first-order chi connectivity index (χ1) is 14.7. The summed E-state index contributed by atoms with van der Waals surface area (Å²) in [6.45, 7) is 2.41. The number of hydrogen-bond acceptors (Lipinski definition) is 8. The molecule has 1 aromatic carbocycles. The predicted octanol–water partition coefficient (Wildman–Crippen LogP) is 2.51. The molecule has 2 aliphatic heterocycles. The SMILES string of the molecule is OCc1cccc(-c2cnc(N3CC(=NOCCOC4CCCCO4)C3)nc2)c1F. The smallest absolute Gasteiger partial charge is 0.225 e. The van der Waals surface area contributed by atoms with E-state index in [2.05, 4.69) is 15.1 Å². The maximum absolute atomic E-state index is 14.4. The summed E-state index contributed by atoms with van der Waals surface area (Å²) in [7, 11) is 0. The number of aliphatic hydroxyl groups excluding tert-OH is 1. The lowest BCUT2D eigenvalue weighted by molar-refractivity contribution is -0.169. The molecular formula is C21H25FN4O4.